The van der Waals surface area contributed by atoms with Crippen LogP contribution in [0.3, 0.4) is 0 Å². The fraction of sp³-hybridized carbons (Fsp3) is 0.200. The Morgan fingerprint density at radius 1 is 1.24 bits per heavy atom. The van der Waals surface area contributed by atoms with E-state index in [1.54, 1.807) is 18.5 Å². The monoisotopic (exact) mass is 323 g/mol. The molecule has 6 heteroatoms. The van der Waals surface area contributed by atoms with Gasteiger partial charge in [0.15, 0.2) is 5.65 Å². The highest BCUT2D eigenvalue weighted by molar-refractivity contribution is 6.37. The fourth-order valence-electron chi connectivity index (χ4n) is 2.32. The van der Waals surface area contributed by atoms with Crippen molar-refractivity contribution in [3.05, 3.63) is 57.5 Å². The van der Waals surface area contributed by atoms with Crippen LogP contribution >= 0.6 is 23.2 Å². The quantitative estimate of drug-likeness (QED) is 0.661. The Morgan fingerprint density at radius 3 is 2.76 bits per heavy atom. The Balaban J connectivity index is 2.07. The molecule has 0 saturated carbocycles. The van der Waals surface area contributed by atoms with Gasteiger partial charge in [-0.2, -0.15) is 0 Å². The predicted octanol–water partition coefficient (Wildman–Crippen LogP) is 4.56. The van der Waals surface area contributed by atoms with Crippen molar-refractivity contribution < 1.29 is 4.39 Å². The maximum absolute atomic E-state index is 12.9. The van der Waals surface area contributed by atoms with E-state index in [9.17, 15) is 4.39 Å². The van der Waals surface area contributed by atoms with E-state index in [1.807, 2.05) is 23.6 Å². The van der Waals surface area contributed by atoms with E-state index in [-0.39, 0.29) is 0 Å². The second kappa shape index (κ2) is 5.62. The molecule has 0 aliphatic rings. The molecule has 3 nitrogen and oxygen atoms in total. The molecule has 0 unspecified atom stereocenters. The summed E-state index contributed by atoms with van der Waals surface area (Å²) in [6.07, 6.45) is 1.67. The standard InChI is InChI=1S/C15H12Cl2FN3/c1-9-10(6-18)3-2-4-11(9)7-21-8-19-14-12(16)5-13(17)20-15(14)21/h2-5,8H,6-7H2,1H3. The van der Waals surface area contributed by atoms with Gasteiger partial charge in [-0.15, -0.1) is 0 Å². The van der Waals surface area contributed by atoms with Gasteiger partial charge in [-0.1, -0.05) is 41.4 Å². The Labute approximate surface area is 131 Å². The number of aromatic nitrogens is 3. The van der Waals surface area contributed by atoms with E-state index in [1.165, 1.54) is 0 Å². The van der Waals surface area contributed by atoms with E-state index in [2.05, 4.69) is 9.97 Å². The van der Waals surface area contributed by atoms with Crippen molar-refractivity contribution in [1.29, 1.82) is 0 Å². The van der Waals surface area contributed by atoms with Gasteiger partial charge in [0.2, 0.25) is 0 Å². The molecule has 0 aliphatic carbocycles. The average molecular weight is 324 g/mol. The molecule has 2 heterocycles. The van der Waals surface area contributed by atoms with Crippen LogP contribution in [-0.4, -0.2) is 14.5 Å². The van der Waals surface area contributed by atoms with Gasteiger partial charge in [0, 0.05) is 0 Å². The zero-order chi connectivity index (χ0) is 15.0. The highest BCUT2D eigenvalue weighted by atomic mass is 35.5. The van der Waals surface area contributed by atoms with Gasteiger partial charge in [0.1, 0.15) is 17.3 Å². The van der Waals surface area contributed by atoms with Crippen LogP contribution in [0, 0.1) is 6.92 Å². The van der Waals surface area contributed by atoms with Gasteiger partial charge in [-0.3, -0.25) is 0 Å². The summed E-state index contributed by atoms with van der Waals surface area (Å²) in [5, 5.41) is 0.793. The van der Waals surface area contributed by atoms with E-state index in [4.69, 9.17) is 23.2 Å². The van der Waals surface area contributed by atoms with Crippen LogP contribution in [0.5, 0.6) is 0 Å². The molecule has 0 N–H and O–H groups in total. The van der Waals surface area contributed by atoms with Crippen LogP contribution in [0.15, 0.2) is 30.6 Å². The maximum atomic E-state index is 12.9. The van der Waals surface area contributed by atoms with Crippen LogP contribution < -0.4 is 0 Å². The number of hydrogen-bond donors (Lipinski definition) is 0. The van der Waals surface area contributed by atoms with Crippen molar-refractivity contribution in [3.63, 3.8) is 0 Å². The molecule has 3 aromatic rings. The Bertz CT molecular complexity index is 814. The first-order valence-electron chi connectivity index (χ1n) is 6.40. The number of imidazole rings is 1. The lowest BCUT2D eigenvalue weighted by Gasteiger charge is -2.10. The highest BCUT2D eigenvalue weighted by Crippen LogP contribution is 2.25. The molecular weight excluding hydrogens is 312 g/mol. The lowest BCUT2D eigenvalue weighted by Crippen LogP contribution is -2.03. The maximum Gasteiger partial charge on any atom is 0.163 e. The number of benzene rings is 1. The summed E-state index contributed by atoms with van der Waals surface area (Å²) < 4.78 is 14.8. The van der Waals surface area contributed by atoms with E-state index < -0.39 is 6.67 Å². The van der Waals surface area contributed by atoms with Crippen LogP contribution in [0.25, 0.3) is 11.2 Å². The average Bonchev–Trinajstić information content (AvgIpc) is 2.84. The van der Waals surface area contributed by atoms with Crippen LogP contribution in [0.1, 0.15) is 16.7 Å². The Kier molecular flexibility index (Phi) is 3.83. The minimum Gasteiger partial charge on any atom is -0.311 e. The highest BCUT2D eigenvalue weighted by Gasteiger charge is 2.11. The summed E-state index contributed by atoms with van der Waals surface area (Å²) in [5.41, 5.74) is 3.89. The molecule has 108 valence electrons. The smallest absolute Gasteiger partial charge is 0.163 e. The van der Waals surface area contributed by atoms with Crippen LogP contribution in [0.2, 0.25) is 10.2 Å². The van der Waals surface area contributed by atoms with Crippen LogP contribution in [-0.2, 0) is 13.2 Å². The third-order valence-electron chi connectivity index (χ3n) is 3.54. The molecule has 21 heavy (non-hydrogen) atoms. The zero-order valence-electron chi connectivity index (χ0n) is 11.3. The number of halogens is 3. The SMILES string of the molecule is Cc1c(CF)cccc1Cn1cnc2c(Cl)cc(Cl)nc21. The van der Waals surface area contributed by atoms with Crippen molar-refractivity contribution in [2.75, 3.05) is 0 Å². The lowest BCUT2D eigenvalue weighted by atomic mass is 10.0. The first-order valence-corrected chi connectivity index (χ1v) is 7.16. The third kappa shape index (κ3) is 2.61. The number of hydrogen-bond acceptors (Lipinski definition) is 2. The number of alkyl halides is 1. The van der Waals surface area contributed by atoms with Gasteiger partial charge in [0.05, 0.1) is 17.9 Å². The van der Waals surface area contributed by atoms with E-state index in [0.717, 1.165) is 11.1 Å². The van der Waals surface area contributed by atoms with Crippen molar-refractivity contribution in [2.24, 2.45) is 0 Å². The van der Waals surface area contributed by atoms with Gasteiger partial charge in [0.25, 0.3) is 0 Å². The Morgan fingerprint density at radius 2 is 2.00 bits per heavy atom. The summed E-state index contributed by atoms with van der Waals surface area (Å²) in [7, 11) is 0. The third-order valence-corrected chi connectivity index (χ3v) is 4.02. The normalized spacial score (nSPS) is 11.2. The van der Waals surface area contributed by atoms with E-state index in [0.29, 0.717) is 33.4 Å². The lowest BCUT2D eigenvalue weighted by molar-refractivity contribution is 0.483. The second-order valence-corrected chi connectivity index (χ2v) is 5.60. The topological polar surface area (TPSA) is 30.7 Å². The molecule has 0 aliphatic heterocycles. The Hall–Kier alpha value is -1.65. The molecule has 0 saturated heterocycles. The van der Waals surface area contributed by atoms with Gasteiger partial charge in [-0.25, -0.2) is 14.4 Å². The van der Waals surface area contributed by atoms with Crippen molar-refractivity contribution >= 4 is 34.4 Å². The van der Waals surface area contributed by atoms with Gasteiger partial charge in [-0.05, 0) is 29.7 Å². The fourth-order valence-corrected chi connectivity index (χ4v) is 2.80. The molecule has 0 atom stereocenters. The summed E-state index contributed by atoms with van der Waals surface area (Å²) in [6, 6.07) is 7.17. The van der Waals surface area contributed by atoms with Gasteiger partial charge < -0.3 is 4.57 Å². The number of nitrogens with zero attached hydrogens (tertiary/aromatic N) is 3. The van der Waals surface area contributed by atoms with Gasteiger partial charge >= 0.3 is 0 Å². The summed E-state index contributed by atoms with van der Waals surface area (Å²) in [6.45, 7) is 1.98. The molecule has 0 spiro atoms. The van der Waals surface area contributed by atoms with Crippen molar-refractivity contribution in [3.8, 4) is 0 Å². The van der Waals surface area contributed by atoms with E-state index >= 15 is 0 Å². The largest absolute Gasteiger partial charge is 0.311 e. The summed E-state index contributed by atoms with van der Waals surface area (Å²) in [4.78, 5) is 8.54. The molecule has 0 amide bonds. The predicted molar refractivity (Wildman–Crippen MR) is 82.6 cm³/mol. The molecule has 0 bridgehead atoms. The molecule has 2 aromatic heterocycles. The summed E-state index contributed by atoms with van der Waals surface area (Å²) >= 11 is 12.1. The number of pyridine rings is 1. The molecule has 0 radical (unpaired) electrons. The zero-order valence-corrected chi connectivity index (χ0v) is 12.8. The van der Waals surface area contributed by atoms with Crippen molar-refractivity contribution in [2.45, 2.75) is 20.1 Å². The summed E-state index contributed by atoms with van der Waals surface area (Å²) in [5.74, 6) is 0. The number of rotatable bonds is 3. The number of fused-ring (bicyclic) bond motifs is 1. The molecule has 1 aromatic carbocycles. The van der Waals surface area contributed by atoms with Crippen molar-refractivity contribution in [1.82, 2.24) is 14.5 Å². The molecule has 3 rings (SSSR count). The second-order valence-electron chi connectivity index (χ2n) is 4.81. The first-order chi connectivity index (χ1) is 10.1. The minimum absolute atomic E-state index is 0.323. The minimum atomic E-state index is -0.472. The molecule has 0 fully saturated rings. The molecular formula is C15H12Cl2FN3. The van der Waals surface area contributed by atoms with Crippen LogP contribution in [0.4, 0.5) is 4.39 Å². The first kappa shape index (κ1) is 14.3.